The van der Waals surface area contributed by atoms with E-state index in [1.165, 1.54) is 0 Å². The molecule has 0 aromatic heterocycles. The monoisotopic (exact) mass is 509 g/mol. The van der Waals surface area contributed by atoms with Gasteiger partial charge in [0, 0.05) is 22.4 Å². The molecule has 0 radical (unpaired) electrons. The highest BCUT2D eigenvalue weighted by molar-refractivity contribution is 7.24. The number of nitrogens with one attached hydrogen (secondary N) is 1. The molecule has 4 aromatic carbocycles. The standard InChI is InChI=1S/C33H36NO2P/c1-32(2,3)28-25(22-16-10-7-11-17-22)27(31(37-36)34-24-20-14-9-15-21-24)26(23-18-12-8-13-19-23)29(30(28)35)33(4,5)6/h7-21,31,34-35H,1-6H3. The maximum atomic E-state index is 13.1. The number of para-hydroxylation sites is 1. The molecule has 0 fully saturated rings. The number of phenolic OH excluding ortho intramolecular Hbond substituents is 1. The Morgan fingerprint density at radius 2 is 1.03 bits per heavy atom. The van der Waals surface area contributed by atoms with E-state index in [2.05, 4.69) is 71.1 Å². The first-order chi connectivity index (χ1) is 17.5. The third-order valence-electron chi connectivity index (χ3n) is 6.59. The van der Waals surface area contributed by atoms with Crippen molar-refractivity contribution in [3.8, 4) is 28.0 Å². The summed E-state index contributed by atoms with van der Waals surface area (Å²) in [5, 5.41) is 15.6. The third kappa shape index (κ3) is 5.48. The van der Waals surface area contributed by atoms with E-state index in [1.54, 1.807) is 0 Å². The van der Waals surface area contributed by atoms with Crippen molar-refractivity contribution < 1.29 is 9.67 Å². The fourth-order valence-corrected chi connectivity index (χ4v) is 5.71. The molecule has 1 atom stereocenters. The zero-order valence-corrected chi connectivity index (χ0v) is 23.4. The van der Waals surface area contributed by atoms with E-state index >= 15 is 0 Å². The molecule has 37 heavy (non-hydrogen) atoms. The van der Waals surface area contributed by atoms with Crippen LogP contribution in [0.2, 0.25) is 0 Å². The predicted molar refractivity (Wildman–Crippen MR) is 157 cm³/mol. The molecule has 4 aromatic rings. The summed E-state index contributed by atoms with van der Waals surface area (Å²) in [6, 6.07) is 30.2. The van der Waals surface area contributed by atoms with Crippen molar-refractivity contribution in [3.05, 3.63) is 108 Å². The Balaban J connectivity index is 2.25. The zero-order chi connectivity index (χ0) is 26.8. The Kier molecular flexibility index (Phi) is 7.57. The van der Waals surface area contributed by atoms with Crippen LogP contribution in [-0.2, 0) is 15.4 Å². The minimum Gasteiger partial charge on any atom is -0.507 e. The second-order valence-electron chi connectivity index (χ2n) is 11.5. The number of phenols is 1. The predicted octanol–water partition coefficient (Wildman–Crippen LogP) is 9.72. The van der Waals surface area contributed by atoms with E-state index in [0.717, 1.165) is 44.6 Å². The normalized spacial score (nSPS) is 12.9. The smallest absolute Gasteiger partial charge is 0.185 e. The summed E-state index contributed by atoms with van der Waals surface area (Å²) in [6.45, 7) is 12.8. The quantitative estimate of drug-likeness (QED) is 0.254. The highest BCUT2D eigenvalue weighted by Gasteiger charge is 2.37. The maximum absolute atomic E-state index is 13.1. The SMILES string of the molecule is CC(C)(C)c1c(O)c(C(C)(C)C)c(-c2ccccc2)c(C(Nc2ccccc2)P=O)c1-c1ccccc1. The summed E-state index contributed by atoms with van der Waals surface area (Å²) in [6.07, 6.45) is 0. The first-order valence-electron chi connectivity index (χ1n) is 12.7. The van der Waals surface area contributed by atoms with Crippen molar-refractivity contribution in [1.29, 1.82) is 0 Å². The lowest BCUT2D eigenvalue weighted by molar-refractivity contribution is 0.424. The van der Waals surface area contributed by atoms with E-state index in [-0.39, 0.29) is 19.3 Å². The molecule has 0 aliphatic carbocycles. The van der Waals surface area contributed by atoms with Gasteiger partial charge in [0.15, 0.2) is 8.46 Å². The van der Waals surface area contributed by atoms with Gasteiger partial charge in [-0.1, -0.05) is 120 Å². The molecular formula is C33H36NO2P. The summed E-state index contributed by atoms with van der Waals surface area (Å²) in [5.74, 6) is -0.238. The van der Waals surface area contributed by atoms with Gasteiger partial charge in [0.2, 0.25) is 0 Å². The van der Waals surface area contributed by atoms with Crippen molar-refractivity contribution >= 4 is 14.1 Å². The van der Waals surface area contributed by atoms with Crippen LogP contribution in [-0.4, -0.2) is 5.11 Å². The summed E-state index contributed by atoms with van der Waals surface area (Å²) in [4.78, 5) is 0. The molecule has 0 saturated heterocycles. The minimum atomic E-state index is -0.546. The second kappa shape index (κ2) is 10.5. The van der Waals surface area contributed by atoms with E-state index in [1.807, 2.05) is 66.7 Å². The number of rotatable bonds is 6. The molecule has 0 bridgehead atoms. The lowest BCUT2D eigenvalue weighted by Crippen LogP contribution is -2.23. The Bertz CT molecular complexity index is 1290. The molecule has 0 saturated carbocycles. The van der Waals surface area contributed by atoms with Gasteiger partial charge >= 0.3 is 0 Å². The van der Waals surface area contributed by atoms with Crippen LogP contribution in [0.1, 0.15) is 64.0 Å². The molecule has 190 valence electrons. The number of benzene rings is 4. The molecule has 4 heteroatoms. The lowest BCUT2D eigenvalue weighted by Gasteiger charge is -2.36. The van der Waals surface area contributed by atoms with Crippen molar-refractivity contribution in [3.63, 3.8) is 0 Å². The second-order valence-corrected chi connectivity index (χ2v) is 12.2. The molecule has 3 nitrogen and oxygen atoms in total. The van der Waals surface area contributed by atoms with E-state index < -0.39 is 5.78 Å². The molecule has 0 spiro atoms. The van der Waals surface area contributed by atoms with Gasteiger partial charge in [-0.05, 0) is 45.2 Å². The van der Waals surface area contributed by atoms with E-state index in [4.69, 9.17) is 0 Å². The van der Waals surface area contributed by atoms with Crippen LogP contribution in [0.25, 0.3) is 22.3 Å². The highest BCUT2D eigenvalue weighted by atomic mass is 31.1. The lowest BCUT2D eigenvalue weighted by atomic mass is 9.70. The maximum Gasteiger partial charge on any atom is 0.185 e. The fraction of sp³-hybridized carbons (Fsp3) is 0.273. The zero-order valence-electron chi connectivity index (χ0n) is 22.5. The molecule has 0 aliphatic heterocycles. The minimum absolute atomic E-state index is 0.0573. The Labute approximate surface area is 222 Å². The van der Waals surface area contributed by atoms with Crippen molar-refractivity contribution in [2.75, 3.05) is 5.32 Å². The first-order valence-corrected chi connectivity index (χ1v) is 13.6. The van der Waals surface area contributed by atoms with Gasteiger partial charge in [0.1, 0.15) is 11.5 Å². The van der Waals surface area contributed by atoms with Crippen LogP contribution < -0.4 is 5.32 Å². The summed E-state index contributed by atoms with van der Waals surface area (Å²) in [7, 11) is -0.0573. The van der Waals surface area contributed by atoms with E-state index in [9.17, 15) is 9.67 Å². The topological polar surface area (TPSA) is 49.3 Å². The van der Waals surface area contributed by atoms with Crippen molar-refractivity contribution in [1.82, 2.24) is 0 Å². The van der Waals surface area contributed by atoms with Gasteiger partial charge in [-0.2, -0.15) is 0 Å². The van der Waals surface area contributed by atoms with Crippen LogP contribution in [0.4, 0.5) is 5.69 Å². The molecule has 0 amide bonds. The number of aromatic hydroxyl groups is 1. The third-order valence-corrected chi connectivity index (χ3v) is 7.19. The Morgan fingerprint density at radius 1 is 0.649 bits per heavy atom. The molecular weight excluding hydrogens is 473 g/mol. The van der Waals surface area contributed by atoms with Gasteiger partial charge in [-0.15, -0.1) is 0 Å². The van der Waals surface area contributed by atoms with Crippen LogP contribution in [0.15, 0.2) is 91.0 Å². The Morgan fingerprint density at radius 3 is 1.38 bits per heavy atom. The summed E-state index contributed by atoms with van der Waals surface area (Å²) >= 11 is 0. The van der Waals surface area contributed by atoms with Crippen LogP contribution in [0.5, 0.6) is 5.75 Å². The highest BCUT2D eigenvalue weighted by Crippen LogP contribution is 2.54. The number of anilines is 1. The Hall–Kier alpha value is -3.42. The number of hydrogen-bond acceptors (Lipinski definition) is 3. The van der Waals surface area contributed by atoms with Gasteiger partial charge in [0.05, 0.1) is 0 Å². The van der Waals surface area contributed by atoms with Crippen LogP contribution in [0, 0.1) is 0 Å². The molecule has 0 aliphatic rings. The van der Waals surface area contributed by atoms with Crippen molar-refractivity contribution in [2.45, 2.75) is 58.2 Å². The molecule has 2 N–H and O–H groups in total. The van der Waals surface area contributed by atoms with Crippen molar-refractivity contribution in [2.24, 2.45) is 0 Å². The molecule has 0 heterocycles. The fourth-order valence-electron chi connectivity index (χ4n) is 5.14. The molecule has 4 rings (SSSR count). The van der Waals surface area contributed by atoms with Gasteiger partial charge in [0.25, 0.3) is 0 Å². The van der Waals surface area contributed by atoms with Gasteiger partial charge in [-0.25, -0.2) is 0 Å². The van der Waals surface area contributed by atoms with Crippen LogP contribution >= 0.6 is 8.46 Å². The number of hydrogen-bond donors (Lipinski definition) is 2. The van der Waals surface area contributed by atoms with Crippen LogP contribution in [0.3, 0.4) is 0 Å². The average Bonchev–Trinajstić information content (AvgIpc) is 2.87. The van der Waals surface area contributed by atoms with Gasteiger partial charge < -0.3 is 10.4 Å². The largest absolute Gasteiger partial charge is 0.507 e. The molecule has 1 unspecified atom stereocenters. The summed E-state index contributed by atoms with van der Waals surface area (Å²) in [5.41, 5.74) is 6.60. The van der Waals surface area contributed by atoms with E-state index in [0.29, 0.717) is 5.75 Å². The summed E-state index contributed by atoms with van der Waals surface area (Å²) < 4.78 is 13.1. The average molecular weight is 510 g/mol. The first kappa shape index (κ1) is 26.6. The van der Waals surface area contributed by atoms with Gasteiger partial charge in [-0.3, -0.25) is 4.57 Å².